The van der Waals surface area contributed by atoms with E-state index in [0.717, 1.165) is 16.8 Å². The lowest BCUT2D eigenvalue weighted by molar-refractivity contribution is -0.131. The van der Waals surface area contributed by atoms with Gasteiger partial charge in [0.25, 0.3) is 0 Å². The highest BCUT2D eigenvalue weighted by Crippen LogP contribution is 2.23. The van der Waals surface area contributed by atoms with Crippen LogP contribution in [0.25, 0.3) is 0 Å². The van der Waals surface area contributed by atoms with Crippen LogP contribution < -0.4 is 5.73 Å². The summed E-state index contributed by atoms with van der Waals surface area (Å²) in [4.78, 5) is 15.1. The Morgan fingerprint density at radius 2 is 2.17 bits per heavy atom. The van der Waals surface area contributed by atoms with Gasteiger partial charge in [-0.2, -0.15) is 0 Å². The normalized spacial score (nSPS) is 11.6. The van der Waals surface area contributed by atoms with Gasteiger partial charge in [-0.15, -0.1) is 11.3 Å². The largest absolute Gasteiger partial charge is 0.345 e. The van der Waals surface area contributed by atoms with Crippen molar-refractivity contribution in [2.24, 2.45) is 11.1 Å². The molecule has 5 heteroatoms. The fraction of sp³-hybridized carbons (Fsp3) is 0.615. The molecule has 3 nitrogen and oxygen atoms in total. The number of nitrogens with two attached hydrogens (primary N) is 1. The first-order valence-corrected chi connectivity index (χ1v) is 7.63. The van der Waals surface area contributed by atoms with Crippen LogP contribution in [-0.2, 0) is 11.2 Å². The molecule has 0 aliphatic rings. The maximum absolute atomic E-state index is 12.0. The summed E-state index contributed by atoms with van der Waals surface area (Å²) in [5.41, 5.74) is 5.53. The van der Waals surface area contributed by atoms with Crippen LogP contribution in [0.4, 0.5) is 0 Å². The molecule has 1 aromatic rings. The first kappa shape index (κ1) is 15.7. The lowest BCUT2D eigenvalue weighted by Gasteiger charge is -2.25. The van der Waals surface area contributed by atoms with Crippen LogP contribution in [0.15, 0.2) is 15.9 Å². The monoisotopic (exact) mass is 332 g/mol. The van der Waals surface area contributed by atoms with Crippen molar-refractivity contribution in [3.63, 3.8) is 0 Å². The van der Waals surface area contributed by atoms with E-state index in [2.05, 4.69) is 22.0 Å². The summed E-state index contributed by atoms with van der Waals surface area (Å²) in [6.45, 7) is 5.33. The van der Waals surface area contributed by atoms with Crippen molar-refractivity contribution in [1.82, 2.24) is 4.90 Å². The standard InChI is InChI=1S/C13H21BrN2OS/c1-13(2,9-15)8-12(17)16(3)7-6-10-4-5-11(14)18-10/h4-5H,6-9,15H2,1-3H3. The molecule has 1 heterocycles. The molecule has 1 aromatic heterocycles. The van der Waals surface area contributed by atoms with Gasteiger partial charge in [-0.3, -0.25) is 4.79 Å². The third-order valence-electron chi connectivity index (χ3n) is 2.93. The van der Waals surface area contributed by atoms with E-state index in [-0.39, 0.29) is 11.3 Å². The number of rotatable bonds is 6. The van der Waals surface area contributed by atoms with Crippen molar-refractivity contribution in [3.8, 4) is 0 Å². The van der Waals surface area contributed by atoms with Gasteiger partial charge >= 0.3 is 0 Å². The van der Waals surface area contributed by atoms with E-state index < -0.39 is 0 Å². The van der Waals surface area contributed by atoms with Crippen LogP contribution in [0.1, 0.15) is 25.1 Å². The summed E-state index contributed by atoms with van der Waals surface area (Å²) in [6.07, 6.45) is 1.41. The molecule has 102 valence electrons. The molecule has 0 saturated heterocycles. The van der Waals surface area contributed by atoms with Gasteiger partial charge in [-0.05, 0) is 46.4 Å². The minimum atomic E-state index is -0.114. The highest BCUT2D eigenvalue weighted by Gasteiger charge is 2.22. The Balaban J connectivity index is 2.41. The van der Waals surface area contributed by atoms with Crippen LogP contribution in [0.5, 0.6) is 0 Å². The van der Waals surface area contributed by atoms with E-state index in [0.29, 0.717) is 13.0 Å². The second-order valence-corrected chi connectivity index (χ2v) is 7.86. The molecule has 0 atom stereocenters. The number of carbonyl (C=O) groups is 1. The number of carbonyl (C=O) groups excluding carboxylic acids is 1. The lowest BCUT2D eigenvalue weighted by Crippen LogP contribution is -2.35. The minimum Gasteiger partial charge on any atom is -0.345 e. The Kier molecular flexibility index (Phi) is 5.82. The fourth-order valence-corrected chi connectivity index (χ4v) is 2.98. The second kappa shape index (κ2) is 6.68. The van der Waals surface area contributed by atoms with E-state index in [4.69, 9.17) is 5.73 Å². The molecule has 2 N–H and O–H groups in total. The lowest BCUT2D eigenvalue weighted by atomic mass is 9.89. The number of hydrogen-bond acceptors (Lipinski definition) is 3. The first-order valence-electron chi connectivity index (χ1n) is 6.02. The van der Waals surface area contributed by atoms with Crippen LogP contribution >= 0.6 is 27.3 Å². The number of hydrogen-bond donors (Lipinski definition) is 1. The first-order chi connectivity index (χ1) is 8.34. The molecular weight excluding hydrogens is 312 g/mol. The SMILES string of the molecule is CN(CCc1ccc(Br)s1)C(=O)CC(C)(C)CN. The van der Waals surface area contributed by atoms with E-state index >= 15 is 0 Å². The summed E-state index contributed by atoms with van der Waals surface area (Å²) >= 11 is 5.16. The van der Waals surface area contributed by atoms with Gasteiger partial charge in [-0.25, -0.2) is 0 Å². The van der Waals surface area contributed by atoms with Crippen LogP contribution in [-0.4, -0.2) is 30.9 Å². The van der Waals surface area contributed by atoms with Gasteiger partial charge in [0.2, 0.25) is 5.91 Å². The second-order valence-electron chi connectivity index (χ2n) is 5.32. The van der Waals surface area contributed by atoms with Crippen molar-refractivity contribution >= 4 is 33.2 Å². The van der Waals surface area contributed by atoms with Crippen molar-refractivity contribution in [3.05, 3.63) is 20.8 Å². The summed E-state index contributed by atoms with van der Waals surface area (Å²) < 4.78 is 1.13. The summed E-state index contributed by atoms with van der Waals surface area (Å²) in [5, 5.41) is 0. The van der Waals surface area contributed by atoms with E-state index in [1.807, 2.05) is 27.0 Å². The molecule has 0 unspecified atom stereocenters. The average molecular weight is 333 g/mol. The van der Waals surface area contributed by atoms with E-state index in [9.17, 15) is 4.79 Å². The van der Waals surface area contributed by atoms with Crippen LogP contribution in [0, 0.1) is 5.41 Å². The van der Waals surface area contributed by atoms with Crippen molar-refractivity contribution in [2.45, 2.75) is 26.7 Å². The molecular formula is C13H21BrN2OS. The number of thiophene rings is 1. The van der Waals surface area contributed by atoms with Gasteiger partial charge in [0.05, 0.1) is 3.79 Å². The third-order valence-corrected chi connectivity index (χ3v) is 4.61. The summed E-state index contributed by atoms with van der Waals surface area (Å²) in [6, 6.07) is 4.14. The summed E-state index contributed by atoms with van der Waals surface area (Å²) in [5.74, 6) is 0.168. The molecule has 0 bridgehead atoms. The minimum absolute atomic E-state index is 0.114. The number of amides is 1. The van der Waals surface area contributed by atoms with Gasteiger partial charge in [0.1, 0.15) is 0 Å². The molecule has 0 radical (unpaired) electrons. The predicted octanol–water partition coefficient (Wildman–Crippen LogP) is 2.89. The zero-order valence-electron chi connectivity index (χ0n) is 11.2. The highest BCUT2D eigenvalue weighted by atomic mass is 79.9. The number of halogens is 1. The highest BCUT2D eigenvalue weighted by molar-refractivity contribution is 9.11. The summed E-state index contributed by atoms with van der Waals surface area (Å²) in [7, 11) is 1.86. The molecule has 0 spiro atoms. The molecule has 0 aliphatic carbocycles. The molecule has 0 fully saturated rings. The third kappa shape index (κ3) is 5.08. The zero-order valence-corrected chi connectivity index (χ0v) is 13.6. The average Bonchev–Trinajstić information content (AvgIpc) is 2.71. The topological polar surface area (TPSA) is 46.3 Å². The van der Waals surface area contributed by atoms with Gasteiger partial charge in [0.15, 0.2) is 0 Å². The van der Waals surface area contributed by atoms with Crippen molar-refractivity contribution in [2.75, 3.05) is 20.1 Å². The van der Waals surface area contributed by atoms with Crippen molar-refractivity contribution in [1.29, 1.82) is 0 Å². The maximum atomic E-state index is 12.0. The van der Waals surface area contributed by atoms with Crippen LogP contribution in [0.2, 0.25) is 0 Å². The maximum Gasteiger partial charge on any atom is 0.222 e. The molecule has 0 aliphatic heterocycles. The number of likely N-dealkylation sites (N-methyl/N-ethyl adjacent to an activating group) is 1. The quantitative estimate of drug-likeness (QED) is 0.870. The van der Waals surface area contributed by atoms with Gasteiger partial charge in [0, 0.05) is 24.9 Å². The number of nitrogens with zero attached hydrogens (tertiary/aromatic N) is 1. The van der Waals surface area contributed by atoms with Crippen LogP contribution in [0.3, 0.4) is 0 Å². The molecule has 0 saturated carbocycles. The fourth-order valence-electron chi connectivity index (χ4n) is 1.51. The molecule has 1 amide bonds. The van der Waals surface area contributed by atoms with E-state index in [1.54, 1.807) is 16.2 Å². The van der Waals surface area contributed by atoms with E-state index in [1.165, 1.54) is 4.88 Å². The Morgan fingerprint density at radius 1 is 1.50 bits per heavy atom. The Bertz CT molecular complexity index is 403. The smallest absolute Gasteiger partial charge is 0.222 e. The Hall–Kier alpha value is -0.390. The molecule has 18 heavy (non-hydrogen) atoms. The molecule has 1 rings (SSSR count). The predicted molar refractivity (Wildman–Crippen MR) is 80.8 cm³/mol. The zero-order chi connectivity index (χ0) is 13.8. The van der Waals surface area contributed by atoms with Gasteiger partial charge < -0.3 is 10.6 Å². The Morgan fingerprint density at radius 3 is 2.67 bits per heavy atom. The van der Waals surface area contributed by atoms with Crippen molar-refractivity contribution < 1.29 is 4.79 Å². The Labute approximate surface area is 121 Å². The molecule has 0 aromatic carbocycles. The van der Waals surface area contributed by atoms with Gasteiger partial charge in [-0.1, -0.05) is 13.8 Å².